The van der Waals surface area contributed by atoms with E-state index in [4.69, 9.17) is 9.47 Å². The maximum Gasteiger partial charge on any atom is 0.251 e. The molecule has 0 saturated heterocycles. The molecule has 0 aliphatic rings. The second kappa shape index (κ2) is 11.5. The predicted octanol–water partition coefficient (Wildman–Crippen LogP) is 2.26. The highest BCUT2D eigenvalue weighted by atomic mass is 16.5. The van der Waals surface area contributed by atoms with Gasteiger partial charge in [-0.25, -0.2) is 9.97 Å². The van der Waals surface area contributed by atoms with Crippen molar-refractivity contribution in [2.45, 2.75) is 19.5 Å². The van der Waals surface area contributed by atoms with Crippen molar-refractivity contribution in [1.29, 1.82) is 0 Å². The number of rotatable bonds is 11. The predicted molar refractivity (Wildman–Crippen MR) is 115 cm³/mol. The minimum Gasteiger partial charge on any atom is -0.475 e. The molecule has 0 fully saturated rings. The van der Waals surface area contributed by atoms with Gasteiger partial charge in [-0.3, -0.25) is 9.59 Å². The topological polar surface area (TPSA) is 107 Å². The van der Waals surface area contributed by atoms with E-state index < -0.39 is 0 Å². The molecule has 2 amide bonds. The van der Waals surface area contributed by atoms with Crippen molar-refractivity contribution >= 4 is 17.5 Å². The second-order valence-electron chi connectivity index (χ2n) is 6.71. The Labute approximate surface area is 180 Å². The van der Waals surface area contributed by atoms with Crippen molar-refractivity contribution in [3.63, 3.8) is 0 Å². The molecule has 0 atom stereocenters. The highest BCUT2D eigenvalue weighted by molar-refractivity contribution is 5.97. The summed E-state index contributed by atoms with van der Waals surface area (Å²) in [7, 11) is 1.61. The van der Waals surface area contributed by atoms with Crippen molar-refractivity contribution in [2.75, 3.05) is 25.6 Å². The lowest BCUT2D eigenvalue weighted by Crippen LogP contribution is -2.23. The molecular formula is C22H25N5O4. The fraction of sp³-hybridized carbons (Fsp3) is 0.273. The van der Waals surface area contributed by atoms with E-state index in [1.54, 1.807) is 62.4 Å². The number of imidazole rings is 1. The SMILES string of the molecule is COCCOc1ccc(CNC(=O)c2cccc(NC(=O)CCn3ccnc3)c2)cn1. The Hall–Kier alpha value is -3.72. The molecule has 0 unspecified atom stereocenters. The van der Waals surface area contributed by atoms with E-state index in [0.29, 0.717) is 49.9 Å². The number of pyridine rings is 1. The molecule has 2 aromatic heterocycles. The molecule has 31 heavy (non-hydrogen) atoms. The number of carbonyl (C=O) groups excluding carboxylic acids is 2. The maximum absolute atomic E-state index is 12.5. The van der Waals surface area contributed by atoms with Gasteiger partial charge in [0.05, 0.1) is 12.9 Å². The number of nitrogens with one attached hydrogen (secondary N) is 2. The number of ether oxygens (including phenoxy) is 2. The second-order valence-corrected chi connectivity index (χ2v) is 6.71. The quantitative estimate of drug-likeness (QED) is 0.458. The molecule has 3 rings (SSSR count). The number of benzene rings is 1. The zero-order chi connectivity index (χ0) is 21.9. The standard InChI is InChI=1S/C22H25N5O4/c1-30-11-12-31-21-6-5-17(14-24-21)15-25-22(29)18-3-2-4-19(13-18)26-20(28)7-9-27-10-8-23-16-27/h2-6,8,10,13-14,16H,7,9,11-12,15H2,1H3,(H,25,29)(H,26,28). The third kappa shape index (κ3) is 7.23. The molecule has 1 aromatic carbocycles. The number of hydrogen-bond donors (Lipinski definition) is 2. The Kier molecular flexibility index (Phi) is 8.13. The first kappa shape index (κ1) is 22.0. The smallest absolute Gasteiger partial charge is 0.251 e. The van der Waals surface area contributed by atoms with Gasteiger partial charge in [-0.05, 0) is 23.8 Å². The molecule has 9 heteroatoms. The highest BCUT2D eigenvalue weighted by Crippen LogP contribution is 2.12. The number of methoxy groups -OCH3 is 1. The zero-order valence-corrected chi connectivity index (χ0v) is 17.3. The molecule has 0 aliphatic heterocycles. The summed E-state index contributed by atoms with van der Waals surface area (Å²) >= 11 is 0. The monoisotopic (exact) mass is 423 g/mol. The van der Waals surface area contributed by atoms with Gasteiger partial charge in [0.15, 0.2) is 0 Å². The van der Waals surface area contributed by atoms with Crippen molar-refractivity contribution < 1.29 is 19.1 Å². The van der Waals surface area contributed by atoms with Crippen molar-refractivity contribution in [1.82, 2.24) is 19.9 Å². The van der Waals surface area contributed by atoms with Crippen LogP contribution in [0, 0.1) is 0 Å². The van der Waals surface area contributed by atoms with Crippen LogP contribution in [0.15, 0.2) is 61.3 Å². The number of amides is 2. The van der Waals surface area contributed by atoms with E-state index in [-0.39, 0.29) is 11.8 Å². The molecule has 0 radical (unpaired) electrons. The molecule has 162 valence electrons. The molecule has 0 saturated carbocycles. The van der Waals surface area contributed by atoms with Crippen molar-refractivity contribution in [3.05, 3.63) is 72.4 Å². The van der Waals surface area contributed by atoms with E-state index in [1.807, 2.05) is 10.6 Å². The number of carbonyl (C=O) groups is 2. The normalized spacial score (nSPS) is 10.5. The van der Waals surface area contributed by atoms with Crippen LogP contribution >= 0.6 is 0 Å². The Morgan fingerprint density at radius 1 is 1.16 bits per heavy atom. The van der Waals surface area contributed by atoms with Gasteiger partial charge in [0.25, 0.3) is 5.91 Å². The Morgan fingerprint density at radius 3 is 2.81 bits per heavy atom. The summed E-state index contributed by atoms with van der Waals surface area (Å²) in [4.78, 5) is 32.8. The highest BCUT2D eigenvalue weighted by Gasteiger charge is 2.09. The summed E-state index contributed by atoms with van der Waals surface area (Å²) in [6, 6.07) is 10.4. The number of anilines is 1. The minimum atomic E-state index is -0.241. The van der Waals surface area contributed by atoms with Gasteiger partial charge in [0.2, 0.25) is 11.8 Å². The number of aryl methyl sites for hydroxylation is 1. The first-order valence-corrected chi connectivity index (χ1v) is 9.84. The van der Waals surface area contributed by atoms with Crippen LogP contribution in [-0.2, 0) is 22.6 Å². The maximum atomic E-state index is 12.5. The molecule has 9 nitrogen and oxygen atoms in total. The van der Waals surface area contributed by atoms with Crippen LogP contribution in [0.5, 0.6) is 5.88 Å². The van der Waals surface area contributed by atoms with Gasteiger partial charge >= 0.3 is 0 Å². The molecule has 0 bridgehead atoms. The fourth-order valence-corrected chi connectivity index (χ4v) is 2.73. The van der Waals surface area contributed by atoms with Gasteiger partial charge < -0.3 is 24.7 Å². The minimum absolute atomic E-state index is 0.134. The summed E-state index contributed by atoms with van der Waals surface area (Å²) < 4.78 is 12.2. The Bertz CT molecular complexity index is 974. The first-order chi connectivity index (χ1) is 15.1. The van der Waals surface area contributed by atoms with Gasteiger partial charge in [-0.15, -0.1) is 0 Å². The number of hydrogen-bond acceptors (Lipinski definition) is 6. The third-order valence-electron chi connectivity index (χ3n) is 4.35. The molecule has 0 aliphatic carbocycles. The lowest BCUT2D eigenvalue weighted by molar-refractivity contribution is -0.116. The van der Waals surface area contributed by atoms with Crippen LogP contribution in [-0.4, -0.2) is 46.7 Å². The van der Waals surface area contributed by atoms with Crippen LogP contribution in [0.25, 0.3) is 0 Å². The molecule has 0 spiro atoms. The van der Waals surface area contributed by atoms with Crippen LogP contribution < -0.4 is 15.4 Å². The average molecular weight is 423 g/mol. The summed E-state index contributed by atoms with van der Waals surface area (Å²) in [5.74, 6) is 0.128. The van der Waals surface area contributed by atoms with Gasteiger partial charge in [0.1, 0.15) is 6.61 Å². The first-order valence-electron chi connectivity index (χ1n) is 9.84. The van der Waals surface area contributed by atoms with E-state index in [2.05, 4.69) is 20.6 Å². The fourth-order valence-electron chi connectivity index (χ4n) is 2.73. The number of aromatic nitrogens is 3. The largest absolute Gasteiger partial charge is 0.475 e. The summed E-state index contributed by atoms with van der Waals surface area (Å²) in [5, 5.41) is 5.66. The number of nitrogens with zero attached hydrogens (tertiary/aromatic N) is 3. The zero-order valence-electron chi connectivity index (χ0n) is 17.3. The van der Waals surface area contributed by atoms with Crippen LogP contribution in [0.4, 0.5) is 5.69 Å². The van der Waals surface area contributed by atoms with Crippen LogP contribution in [0.3, 0.4) is 0 Å². The average Bonchev–Trinajstić information content (AvgIpc) is 3.31. The summed E-state index contributed by atoms with van der Waals surface area (Å²) in [5.41, 5.74) is 1.87. The van der Waals surface area contributed by atoms with Crippen molar-refractivity contribution in [3.8, 4) is 5.88 Å². The van der Waals surface area contributed by atoms with Crippen LogP contribution in [0.2, 0.25) is 0 Å². The van der Waals surface area contributed by atoms with E-state index in [9.17, 15) is 9.59 Å². The molecule has 2 heterocycles. The summed E-state index contributed by atoms with van der Waals surface area (Å²) in [6.07, 6.45) is 7.09. The van der Waals surface area contributed by atoms with E-state index in [0.717, 1.165) is 5.56 Å². The molecule has 2 N–H and O–H groups in total. The van der Waals surface area contributed by atoms with E-state index >= 15 is 0 Å². The molecular weight excluding hydrogens is 398 g/mol. The third-order valence-corrected chi connectivity index (χ3v) is 4.35. The summed E-state index contributed by atoms with van der Waals surface area (Å²) in [6.45, 7) is 1.78. The molecule has 3 aromatic rings. The van der Waals surface area contributed by atoms with Gasteiger partial charge in [-0.2, -0.15) is 0 Å². The van der Waals surface area contributed by atoms with Gasteiger partial charge in [-0.1, -0.05) is 12.1 Å². The van der Waals surface area contributed by atoms with Crippen LogP contribution in [0.1, 0.15) is 22.3 Å². The van der Waals surface area contributed by atoms with Crippen molar-refractivity contribution in [2.24, 2.45) is 0 Å². The lowest BCUT2D eigenvalue weighted by atomic mass is 10.1. The Balaban J connectivity index is 1.47. The van der Waals surface area contributed by atoms with E-state index in [1.165, 1.54) is 0 Å². The lowest BCUT2D eigenvalue weighted by Gasteiger charge is -2.09. The Morgan fingerprint density at radius 2 is 2.06 bits per heavy atom. The van der Waals surface area contributed by atoms with Gasteiger partial charge in [0, 0.05) is 62.5 Å².